The first-order valence-corrected chi connectivity index (χ1v) is 8.48. The highest BCUT2D eigenvalue weighted by atomic mass is 19.1. The van der Waals surface area contributed by atoms with Gasteiger partial charge in [0.15, 0.2) is 0 Å². The molecule has 1 aliphatic rings. The molecule has 1 atom stereocenters. The zero-order valence-corrected chi connectivity index (χ0v) is 14.9. The Morgan fingerprint density at radius 2 is 2.08 bits per heavy atom. The van der Waals surface area contributed by atoms with Crippen LogP contribution < -0.4 is 4.74 Å². The first kappa shape index (κ1) is 18.3. The molecule has 1 aliphatic heterocycles. The van der Waals surface area contributed by atoms with Gasteiger partial charge in [-0.2, -0.15) is 0 Å². The first-order valence-electron chi connectivity index (χ1n) is 8.48. The zero-order valence-electron chi connectivity index (χ0n) is 14.9. The number of hydrogen-bond acceptors (Lipinski definition) is 5. The number of aliphatic carboxylic acids is 1. The van der Waals surface area contributed by atoms with Crippen molar-refractivity contribution < 1.29 is 19.0 Å². The summed E-state index contributed by atoms with van der Waals surface area (Å²) in [6.45, 7) is 3.40. The third-order valence-electron chi connectivity index (χ3n) is 4.78. The number of carboxylic acid groups (broad SMARTS) is 1. The van der Waals surface area contributed by atoms with Crippen molar-refractivity contribution in [3.05, 3.63) is 47.8 Å². The van der Waals surface area contributed by atoms with Gasteiger partial charge in [0.2, 0.25) is 0 Å². The van der Waals surface area contributed by atoms with Gasteiger partial charge >= 0.3 is 5.97 Å². The maximum absolute atomic E-state index is 13.4. The molecular formula is C18H23FN4O3. The Bertz CT molecular complexity index is 772. The van der Waals surface area contributed by atoms with Gasteiger partial charge in [0.25, 0.3) is 0 Å². The predicted molar refractivity (Wildman–Crippen MR) is 93.4 cm³/mol. The van der Waals surface area contributed by atoms with Crippen LogP contribution in [0.3, 0.4) is 0 Å². The van der Waals surface area contributed by atoms with Gasteiger partial charge in [-0.05, 0) is 6.07 Å². The van der Waals surface area contributed by atoms with Crippen molar-refractivity contribution in [2.75, 3.05) is 33.3 Å². The number of carboxylic acids is 1. The van der Waals surface area contributed by atoms with Crippen molar-refractivity contribution in [2.24, 2.45) is 7.05 Å². The number of halogens is 1. The van der Waals surface area contributed by atoms with Gasteiger partial charge in [-0.25, -0.2) is 9.37 Å². The molecular weight excluding hydrogens is 339 g/mol. The number of methoxy groups -OCH3 is 1. The highest BCUT2D eigenvalue weighted by molar-refractivity contribution is 5.76. The Morgan fingerprint density at radius 1 is 1.35 bits per heavy atom. The van der Waals surface area contributed by atoms with Crippen molar-refractivity contribution in [1.29, 1.82) is 0 Å². The summed E-state index contributed by atoms with van der Waals surface area (Å²) in [4.78, 5) is 20.4. The summed E-state index contributed by atoms with van der Waals surface area (Å²) < 4.78 is 20.6. The molecule has 1 aromatic carbocycles. The van der Waals surface area contributed by atoms with E-state index >= 15 is 0 Å². The summed E-state index contributed by atoms with van der Waals surface area (Å²) in [5.41, 5.74) is 0.471. The van der Waals surface area contributed by atoms with E-state index in [0.29, 0.717) is 18.7 Å². The number of benzene rings is 1. The molecule has 1 unspecified atom stereocenters. The van der Waals surface area contributed by atoms with Gasteiger partial charge in [0.05, 0.1) is 13.7 Å². The van der Waals surface area contributed by atoms with Crippen LogP contribution in [-0.4, -0.2) is 63.7 Å². The second-order valence-electron chi connectivity index (χ2n) is 6.39. The van der Waals surface area contributed by atoms with Crippen LogP contribution in [0.1, 0.15) is 17.4 Å². The second kappa shape index (κ2) is 7.84. The van der Waals surface area contributed by atoms with Crippen molar-refractivity contribution in [1.82, 2.24) is 19.4 Å². The first-order chi connectivity index (χ1) is 12.5. The van der Waals surface area contributed by atoms with E-state index in [1.165, 1.54) is 25.3 Å². The minimum atomic E-state index is -0.965. The Labute approximate surface area is 151 Å². The van der Waals surface area contributed by atoms with Crippen LogP contribution in [0.15, 0.2) is 30.6 Å². The number of aryl methyl sites for hydroxylation is 1. The van der Waals surface area contributed by atoms with E-state index in [-0.39, 0.29) is 5.75 Å². The molecule has 0 spiro atoms. The van der Waals surface area contributed by atoms with Gasteiger partial charge in [-0.1, -0.05) is 6.07 Å². The zero-order chi connectivity index (χ0) is 18.7. The van der Waals surface area contributed by atoms with Crippen molar-refractivity contribution >= 4 is 5.97 Å². The molecule has 7 nitrogen and oxygen atoms in total. The number of rotatable bonds is 6. The summed E-state index contributed by atoms with van der Waals surface area (Å²) >= 11 is 0. The molecule has 0 saturated carbocycles. The summed E-state index contributed by atoms with van der Waals surface area (Å²) in [5.74, 6) is -0.177. The fraction of sp³-hybridized carbons (Fsp3) is 0.444. The van der Waals surface area contributed by atoms with Crippen LogP contribution in [0.5, 0.6) is 5.75 Å². The van der Waals surface area contributed by atoms with Crippen molar-refractivity contribution in [3.63, 3.8) is 0 Å². The van der Waals surface area contributed by atoms with Gasteiger partial charge in [-0.3, -0.25) is 14.6 Å². The molecule has 1 fully saturated rings. The number of nitrogens with zero attached hydrogens (tertiary/aromatic N) is 4. The van der Waals surface area contributed by atoms with E-state index in [2.05, 4.69) is 9.88 Å². The molecule has 1 saturated heterocycles. The molecule has 0 radical (unpaired) electrons. The molecule has 0 aliphatic carbocycles. The average Bonchev–Trinajstić information content (AvgIpc) is 3.02. The maximum atomic E-state index is 13.4. The van der Waals surface area contributed by atoms with E-state index < -0.39 is 17.8 Å². The van der Waals surface area contributed by atoms with Crippen LogP contribution in [0.2, 0.25) is 0 Å². The minimum Gasteiger partial charge on any atom is -0.496 e. The highest BCUT2D eigenvalue weighted by Gasteiger charge is 2.32. The van der Waals surface area contributed by atoms with E-state index in [4.69, 9.17) is 4.74 Å². The summed E-state index contributed by atoms with van der Waals surface area (Å²) in [5, 5.41) is 9.76. The van der Waals surface area contributed by atoms with E-state index in [1.54, 1.807) is 6.20 Å². The summed E-state index contributed by atoms with van der Waals surface area (Å²) in [7, 11) is 3.38. The highest BCUT2D eigenvalue weighted by Crippen LogP contribution is 2.31. The number of imidazole rings is 1. The SMILES string of the molecule is COc1cc(F)ccc1C(C(=O)O)N1CCN(Cc2nccn2C)CC1. The lowest BCUT2D eigenvalue weighted by molar-refractivity contribution is -0.144. The van der Waals surface area contributed by atoms with Gasteiger partial charge in [0.1, 0.15) is 23.4 Å². The number of carbonyl (C=O) groups is 1. The quantitative estimate of drug-likeness (QED) is 0.840. The van der Waals surface area contributed by atoms with Crippen LogP contribution >= 0.6 is 0 Å². The summed E-state index contributed by atoms with van der Waals surface area (Å²) in [6, 6.07) is 3.13. The Kier molecular flexibility index (Phi) is 5.53. The Hall–Kier alpha value is -2.45. The lowest BCUT2D eigenvalue weighted by Gasteiger charge is -2.37. The topological polar surface area (TPSA) is 70.8 Å². The van der Waals surface area contributed by atoms with Crippen molar-refractivity contribution in [3.8, 4) is 5.75 Å². The maximum Gasteiger partial charge on any atom is 0.325 e. The molecule has 2 heterocycles. The number of piperazine rings is 1. The van der Waals surface area contributed by atoms with Gasteiger partial charge in [0, 0.05) is 57.3 Å². The fourth-order valence-corrected chi connectivity index (χ4v) is 3.33. The van der Waals surface area contributed by atoms with E-state index in [9.17, 15) is 14.3 Å². The molecule has 1 aromatic heterocycles. The van der Waals surface area contributed by atoms with Crippen LogP contribution in [0.4, 0.5) is 4.39 Å². The molecule has 1 N–H and O–H groups in total. The molecule has 0 amide bonds. The lowest BCUT2D eigenvalue weighted by atomic mass is 10.0. The minimum absolute atomic E-state index is 0.257. The monoisotopic (exact) mass is 362 g/mol. The normalized spacial score (nSPS) is 17.2. The van der Waals surface area contributed by atoms with Crippen molar-refractivity contribution in [2.45, 2.75) is 12.6 Å². The molecule has 8 heteroatoms. The number of hydrogen-bond donors (Lipinski definition) is 1. The average molecular weight is 362 g/mol. The smallest absolute Gasteiger partial charge is 0.325 e. The molecule has 3 rings (SSSR count). The third kappa shape index (κ3) is 3.86. The molecule has 2 aromatic rings. The lowest BCUT2D eigenvalue weighted by Crippen LogP contribution is -2.49. The Morgan fingerprint density at radius 3 is 2.65 bits per heavy atom. The van der Waals surface area contributed by atoms with Gasteiger partial charge in [-0.15, -0.1) is 0 Å². The van der Waals surface area contributed by atoms with E-state index in [0.717, 1.165) is 25.5 Å². The van der Waals surface area contributed by atoms with Crippen LogP contribution in [0.25, 0.3) is 0 Å². The van der Waals surface area contributed by atoms with Crippen LogP contribution in [-0.2, 0) is 18.4 Å². The number of ether oxygens (including phenoxy) is 1. The third-order valence-corrected chi connectivity index (χ3v) is 4.78. The predicted octanol–water partition coefficient (Wildman–Crippen LogP) is 1.51. The van der Waals surface area contributed by atoms with Crippen LogP contribution in [0, 0.1) is 5.82 Å². The largest absolute Gasteiger partial charge is 0.496 e. The second-order valence-corrected chi connectivity index (χ2v) is 6.39. The number of aromatic nitrogens is 2. The van der Waals surface area contributed by atoms with E-state index in [1.807, 2.05) is 22.7 Å². The molecule has 26 heavy (non-hydrogen) atoms. The summed E-state index contributed by atoms with van der Waals surface area (Å²) in [6.07, 6.45) is 3.68. The molecule has 140 valence electrons. The van der Waals surface area contributed by atoms with Gasteiger partial charge < -0.3 is 14.4 Å². The molecule has 0 bridgehead atoms. The standard InChI is InChI=1S/C18H23FN4O3/c1-21-6-5-20-16(21)12-22-7-9-23(10-8-22)17(18(24)25)14-4-3-13(19)11-15(14)26-2/h3-6,11,17H,7-10,12H2,1-2H3,(H,24,25). The fourth-order valence-electron chi connectivity index (χ4n) is 3.33. The Balaban J connectivity index is 1.71.